The molecular weight excluding hydrogens is 679 g/mol. The fourth-order valence-corrected chi connectivity index (χ4v) is 6.81. The number of amides is 1. The largest absolute Gasteiger partial charge is 0.756 e. The summed E-state index contributed by atoms with van der Waals surface area (Å²) in [7, 11) is -11.2. The predicted molar refractivity (Wildman–Crippen MR) is 146 cm³/mol. The van der Waals surface area contributed by atoms with E-state index in [4.69, 9.17) is 26.5 Å². The number of primary amides is 1. The number of anilines is 1. The van der Waals surface area contributed by atoms with Crippen molar-refractivity contribution in [2.24, 2.45) is 10.8 Å². The molecule has 1 amide bonds. The molecule has 0 saturated carbocycles. The Labute approximate surface area is 261 Å². The lowest BCUT2D eigenvalue weighted by atomic mass is 10.1. The van der Waals surface area contributed by atoms with Crippen molar-refractivity contribution >= 4 is 44.5 Å². The molecule has 2 aliphatic rings. The number of carbonyl (C=O) groups excluding carboxylic acids is 1. The minimum atomic E-state index is -5.68. The van der Waals surface area contributed by atoms with E-state index in [2.05, 4.69) is 38.3 Å². The van der Waals surface area contributed by atoms with Gasteiger partial charge in [0.15, 0.2) is 41.7 Å². The average Bonchev–Trinajstić information content (AvgIpc) is 3.62. The number of ether oxygens (including phenoxy) is 2. The van der Waals surface area contributed by atoms with Crippen LogP contribution in [0.1, 0.15) is 22.8 Å². The Morgan fingerprint density at radius 1 is 1.13 bits per heavy atom. The first-order valence-electron chi connectivity index (χ1n) is 13.1. The Kier molecular flexibility index (Phi) is 9.89. The molecule has 5 rings (SSSR count). The lowest BCUT2D eigenvalue weighted by molar-refractivity contribution is -0.765. The highest BCUT2D eigenvalue weighted by Crippen LogP contribution is 2.58. The standard InChI is InChI=1S/C21H26N10O14P2/c22-16-11-18(26-7-25-16)31(21(27-11)28-29-24)20-15(35)13(33)10(44-20)6-42-47(39,40)45-46(37,38)41-5-9-12(32)14(34)19(43-9)30-3-1-2-8(4-30)17(23)36/h1-4,7,9-10,12-15,19-20,32-35H,5-6H2,(H5-,22,23,25,26,36,37,38,39,40)/t9-,10-,12-,13-,14-,15-,19-,20-/m1/s1/i47+1. The molecule has 2 fully saturated rings. The number of phosphoric acid groups is 2. The van der Waals surface area contributed by atoms with Gasteiger partial charge in [-0.2, -0.15) is 4.57 Å². The lowest BCUT2D eigenvalue weighted by Gasteiger charge is -2.26. The number of aliphatic hydroxyl groups is 4. The first-order valence-corrected chi connectivity index (χ1v) is 16.1. The molecule has 2 unspecified atom stereocenters. The van der Waals surface area contributed by atoms with Crippen LogP contribution in [0.5, 0.6) is 0 Å². The second-order valence-electron chi connectivity index (χ2n) is 9.99. The summed E-state index contributed by atoms with van der Waals surface area (Å²) >= 11 is 0. The van der Waals surface area contributed by atoms with Crippen molar-refractivity contribution in [3.8, 4) is 0 Å². The van der Waals surface area contributed by atoms with E-state index in [1.165, 1.54) is 29.1 Å². The van der Waals surface area contributed by atoms with Crippen LogP contribution < -0.4 is 20.9 Å². The topological polar surface area (TPSA) is 370 Å². The summed E-state index contributed by atoms with van der Waals surface area (Å²) in [5.74, 6) is -1.29. The minimum absolute atomic E-state index is 0.0315. The third kappa shape index (κ3) is 7.26. The number of carbonyl (C=O) groups is 1. The molecule has 2 saturated heterocycles. The Bertz CT molecular complexity index is 1810. The highest BCUT2D eigenvalue weighted by atomic mass is 32.2. The molecule has 24 nitrogen and oxygen atoms in total. The number of imidazole rings is 1. The van der Waals surface area contributed by atoms with Crippen LogP contribution in [0.4, 0.5) is 11.8 Å². The van der Waals surface area contributed by atoms with Gasteiger partial charge in [-0.25, -0.2) is 23.8 Å². The van der Waals surface area contributed by atoms with Crippen molar-refractivity contribution in [1.29, 1.82) is 0 Å². The van der Waals surface area contributed by atoms with Gasteiger partial charge in [-0.15, -0.1) is 0 Å². The minimum Gasteiger partial charge on any atom is -0.756 e. The first kappa shape index (κ1) is 34.6. The number of aromatic nitrogens is 5. The second kappa shape index (κ2) is 13.4. The maximum Gasteiger partial charge on any atom is 0.478 e. The third-order valence-corrected chi connectivity index (χ3v) is 9.52. The highest BCUT2D eigenvalue weighted by Gasteiger charge is 2.49. The van der Waals surface area contributed by atoms with Crippen molar-refractivity contribution in [3.05, 3.63) is 46.9 Å². The number of hydrogen-bond acceptors (Lipinski definition) is 18. The van der Waals surface area contributed by atoms with Gasteiger partial charge >= 0.3 is 7.82 Å². The molecule has 26 heteroatoms. The summed E-state index contributed by atoms with van der Waals surface area (Å²) in [6.07, 6.45) is -9.24. The van der Waals surface area contributed by atoms with Crippen LogP contribution in [0.2, 0.25) is 0 Å². The maximum atomic E-state index is 12.5. The zero-order chi connectivity index (χ0) is 34.3. The van der Waals surface area contributed by atoms with E-state index in [9.17, 15) is 44.1 Å². The number of azide groups is 1. The van der Waals surface area contributed by atoms with Gasteiger partial charge in [-0.05, 0) is 16.7 Å². The van der Waals surface area contributed by atoms with E-state index in [0.717, 1.165) is 10.9 Å². The molecule has 47 heavy (non-hydrogen) atoms. The molecule has 0 aliphatic carbocycles. The molecule has 9 N–H and O–H groups in total. The molecule has 3 aromatic rings. The van der Waals surface area contributed by atoms with Crippen molar-refractivity contribution in [2.75, 3.05) is 18.9 Å². The lowest BCUT2D eigenvalue weighted by Crippen LogP contribution is -2.46. The Hall–Kier alpha value is -3.70. The van der Waals surface area contributed by atoms with Crippen LogP contribution >= 0.6 is 15.6 Å². The number of nitrogens with two attached hydrogens (primary N) is 2. The van der Waals surface area contributed by atoms with Crippen molar-refractivity contribution < 1.29 is 71.5 Å². The van der Waals surface area contributed by atoms with Crippen LogP contribution in [0.15, 0.2) is 36.0 Å². The van der Waals surface area contributed by atoms with Gasteiger partial charge in [0.2, 0.25) is 5.95 Å². The number of rotatable bonds is 12. The first-order chi connectivity index (χ1) is 22.1. The monoisotopic (exact) mass is 705 g/mol. The Balaban J connectivity index is 1.20. The van der Waals surface area contributed by atoms with Crippen LogP contribution in [-0.4, -0.2) is 101 Å². The van der Waals surface area contributed by atoms with Gasteiger partial charge in [-0.1, -0.05) is 0 Å². The van der Waals surface area contributed by atoms with Crippen LogP contribution in [0.25, 0.3) is 21.6 Å². The van der Waals surface area contributed by atoms with E-state index in [0.29, 0.717) is 0 Å². The van der Waals surface area contributed by atoms with Crippen molar-refractivity contribution in [3.63, 3.8) is 0 Å². The van der Waals surface area contributed by atoms with Crippen LogP contribution in [0.3, 0.4) is 0 Å². The number of fused-ring (bicyclic) bond motifs is 1. The van der Waals surface area contributed by atoms with Crippen LogP contribution in [0, 0.1) is 0 Å². The van der Waals surface area contributed by atoms with Gasteiger partial charge in [0, 0.05) is 11.0 Å². The number of aliphatic hydroxyl groups excluding tert-OH is 4. The maximum absolute atomic E-state index is 12.5. The number of nitrogen functional groups attached to an aromatic ring is 1. The number of pyridine rings is 1. The molecule has 0 radical (unpaired) electrons. The fourth-order valence-electron chi connectivity index (χ4n) is 4.76. The van der Waals surface area contributed by atoms with Gasteiger partial charge in [0.1, 0.15) is 42.4 Å². The predicted octanol–water partition coefficient (Wildman–Crippen LogP) is -2.71. The SMILES string of the molecule is [N-]=[N+]=Nc1nc2c(N)ncnc2n1[C@@H]1O[C@H](CO[32P](=O)(O)OP(=O)([O-])OC[C@H]2O[C@@H]([n+]3cccc(C(N)=O)c3)[C@H](O)[C@@H]2O)[C@@H](O)[C@H]1O. The molecule has 254 valence electrons. The zero-order valence-electron chi connectivity index (χ0n) is 23.5. The van der Waals surface area contributed by atoms with Gasteiger partial charge < -0.3 is 55.7 Å². The van der Waals surface area contributed by atoms with Gasteiger partial charge in [0.05, 0.1) is 13.2 Å². The molecule has 10 atom stereocenters. The highest BCUT2D eigenvalue weighted by molar-refractivity contribution is 7.60. The van der Waals surface area contributed by atoms with E-state index in [-0.39, 0.29) is 28.5 Å². The van der Waals surface area contributed by atoms with E-state index < -0.39 is 83.8 Å². The fraction of sp³-hybridized carbons (Fsp3) is 0.476. The van der Waals surface area contributed by atoms with Crippen LogP contribution in [-0.2, 0) is 32.0 Å². The normalized spacial score (nSPS) is 30.1. The number of hydrogen-bond donors (Lipinski definition) is 7. The third-order valence-electron chi connectivity index (χ3n) is 6.95. The summed E-state index contributed by atoms with van der Waals surface area (Å²) in [4.78, 5) is 48.2. The van der Waals surface area contributed by atoms with E-state index in [1.54, 1.807) is 0 Å². The zero-order valence-corrected chi connectivity index (χ0v) is 25.2. The Morgan fingerprint density at radius 3 is 2.51 bits per heavy atom. The molecule has 3 aromatic heterocycles. The molecule has 2 aliphatic heterocycles. The second-order valence-corrected chi connectivity index (χ2v) is 13.0. The summed E-state index contributed by atoms with van der Waals surface area (Å²) < 4.78 is 51.4. The van der Waals surface area contributed by atoms with E-state index in [1.807, 2.05) is 0 Å². The van der Waals surface area contributed by atoms with Gasteiger partial charge in [0.25, 0.3) is 20.0 Å². The number of phosphoric ester groups is 2. The Morgan fingerprint density at radius 2 is 1.81 bits per heavy atom. The summed E-state index contributed by atoms with van der Waals surface area (Å²) in [6, 6.07) is 2.79. The quantitative estimate of drug-likeness (QED) is 0.0331. The molecule has 5 heterocycles. The van der Waals surface area contributed by atoms with Crippen molar-refractivity contribution in [2.45, 2.75) is 49.1 Å². The number of nitrogens with zero attached hydrogens (tertiary/aromatic N) is 8. The summed E-state index contributed by atoms with van der Waals surface area (Å²) in [5, 5.41) is 45.3. The molecule has 0 bridgehead atoms. The van der Waals surface area contributed by atoms with E-state index >= 15 is 0 Å². The molecule has 0 aromatic carbocycles. The summed E-state index contributed by atoms with van der Waals surface area (Å²) in [6.45, 7) is -2.02. The van der Waals surface area contributed by atoms with Gasteiger partial charge in [-0.3, -0.25) is 18.5 Å². The van der Waals surface area contributed by atoms with Crippen molar-refractivity contribution in [1.82, 2.24) is 19.5 Å². The summed E-state index contributed by atoms with van der Waals surface area (Å²) in [5.41, 5.74) is 19.9. The smallest absolute Gasteiger partial charge is 0.478 e. The average molecular weight is 705 g/mol. The molecule has 0 spiro atoms. The molecular formula is C21H26N10O14P2.